The van der Waals surface area contributed by atoms with Crippen molar-refractivity contribution >= 4 is 27.2 Å². The zero-order valence-electron chi connectivity index (χ0n) is 12.7. The smallest absolute Gasteiger partial charge is 0.0682 e. The van der Waals surface area contributed by atoms with Gasteiger partial charge in [0.2, 0.25) is 0 Å². The molecule has 0 atom stereocenters. The fraction of sp³-hybridized carbons (Fsp3) is 0.294. The van der Waals surface area contributed by atoms with Crippen LogP contribution in [-0.2, 0) is 0 Å². The Labute approximate surface area is 120 Å². The monoisotopic (exact) mass is 284 g/mol. The summed E-state index contributed by atoms with van der Waals surface area (Å²) < 4.78 is 0. The summed E-state index contributed by atoms with van der Waals surface area (Å²) in [6, 6.07) is 18.1. The van der Waals surface area contributed by atoms with Crippen molar-refractivity contribution in [3.8, 4) is 11.1 Å². The van der Waals surface area contributed by atoms with Gasteiger partial charge in [-0.1, -0.05) is 91.6 Å². The minimum absolute atomic E-state index is 0.797. The van der Waals surface area contributed by atoms with Crippen molar-refractivity contribution < 1.29 is 0 Å². The summed E-state index contributed by atoms with van der Waals surface area (Å²) in [6.07, 6.45) is 0. The van der Waals surface area contributed by atoms with Crippen molar-refractivity contribution in [3.63, 3.8) is 0 Å². The van der Waals surface area contributed by atoms with Gasteiger partial charge in [-0.3, -0.25) is 0 Å². The van der Waals surface area contributed by atoms with Crippen molar-refractivity contribution in [3.05, 3.63) is 48.5 Å². The van der Waals surface area contributed by atoms with Crippen molar-refractivity contribution in [1.82, 2.24) is 0 Å². The summed E-state index contributed by atoms with van der Waals surface area (Å²) >= 11 is 0. The van der Waals surface area contributed by atoms with Gasteiger partial charge >= 0.3 is 0 Å². The van der Waals surface area contributed by atoms with Crippen LogP contribution in [0.5, 0.6) is 0 Å². The Morgan fingerprint density at radius 2 is 1.47 bits per heavy atom. The van der Waals surface area contributed by atoms with E-state index in [1.165, 1.54) is 11.1 Å². The largest absolute Gasteiger partial charge is 0.0776 e. The average molecular weight is 285 g/mol. The maximum Gasteiger partial charge on any atom is 0.0776 e. The van der Waals surface area contributed by atoms with E-state index in [9.17, 15) is 0 Å². The minimum atomic E-state index is -1.24. The molecule has 0 fully saturated rings. The van der Waals surface area contributed by atoms with Crippen molar-refractivity contribution in [2.45, 2.75) is 32.7 Å². The predicted octanol–water partition coefficient (Wildman–Crippen LogP) is 3.59. The highest BCUT2D eigenvalue weighted by Crippen LogP contribution is 2.18. The van der Waals surface area contributed by atoms with Gasteiger partial charge in [0, 0.05) is 0 Å². The molecule has 0 heterocycles. The van der Waals surface area contributed by atoms with E-state index in [-0.39, 0.29) is 0 Å². The lowest BCUT2D eigenvalue weighted by molar-refractivity contribution is 1.63. The van der Waals surface area contributed by atoms with Gasteiger partial charge in [-0.15, -0.1) is 0 Å². The molecule has 19 heavy (non-hydrogen) atoms. The minimum Gasteiger partial charge on any atom is -0.0682 e. The second-order valence-electron chi connectivity index (χ2n) is 6.57. The van der Waals surface area contributed by atoms with Crippen LogP contribution in [0.2, 0.25) is 32.7 Å². The number of hydrogen-bond donors (Lipinski definition) is 0. The first-order chi connectivity index (χ1) is 8.89. The standard InChI is InChI=1S/C17H24Si2/c1-18(2)17-12-11-15(19(3,4)5)13-16(17)14-9-7-6-8-10-14/h6-13,18H,1-5H3. The van der Waals surface area contributed by atoms with E-state index in [4.69, 9.17) is 0 Å². The summed E-state index contributed by atoms with van der Waals surface area (Å²) in [5.74, 6) is 0. The highest BCUT2D eigenvalue weighted by atomic mass is 28.3. The van der Waals surface area contributed by atoms with Crippen LogP contribution < -0.4 is 10.4 Å². The van der Waals surface area contributed by atoms with Crippen molar-refractivity contribution in [2.24, 2.45) is 0 Å². The maximum absolute atomic E-state index is 2.46. The predicted molar refractivity (Wildman–Crippen MR) is 93.4 cm³/mol. The van der Waals surface area contributed by atoms with Crippen LogP contribution in [0.1, 0.15) is 0 Å². The van der Waals surface area contributed by atoms with Gasteiger partial charge in [-0.25, -0.2) is 0 Å². The second kappa shape index (κ2) is 5.47. The van der Waals surface area contributed by atoms with E-state index in [0.29, 0.717) is 0 Å². The van der Waals surface area contributed by atoms with Crippen LogP contribution in [-0.4, -0.2) is 16.9 Å². The van der Waals surface area contributed by atoms with E-state index in [1.807, 2.05) is 0 Å². The van der Waals surface area contributed by atoms with Gasteiger partial charge in [0.1, 0.15) is 0 Å². The third-order valence-corrected chi connectivity index (χ3v) is 7.42. The summed E-state index contributed by atoms with van der Waals surface area (Å²) in [7, 11) is -2.04. The Morgan fingerprint density at radius 3 is 2.00 bits per heavy atom. The Bertz CT molecular complexity index is 551. The number of benzene rings is 2. The van der Waals surface area contributed by atoms with Gasteiger partial charge in [0.15, 0.2) is 0 Å². The Morgan fingerprint density at radius 1 is 0.842 bits per heavy atom. The Balaban J connectivity index is 2.61. The Hall–Kier alpha value is -1.13. The molecular weight excluding hydrogens is 260 g/mol. The summed E-state index contributed by atoms with van der Waals surface area (Å²) in [6.45, 7) is 12.1. The molecule has 0 aromatic heterocycles. The fourth-order valence-corrected chi connectivity index (χ4v) is 4.91. The quantitative estimate of drug-likeness (QED) is 0.756. The first-order valence-corrected chi connectivity index (χ1v) is 13.5. The van der Waals surface area contributed by atoms with E-state index < -0.39 is 16.9 Å². The molecule has 2 rings (SSSR count). The highest BCUT2D eigenvalue weighted by molar-refractivity contribution is 6.88. The molecule has 0 aliphatic carbocycles. The van der Waals surface area contributed by atoms with Gasteiger partial charge in [0.25, 0.3) is 0 Å². The molecule has 0 aliphatic heterocycles. The first kappa shape index (κ1) is 14.3. The van der Waals surface area contributed by atoms with Crippen LogP contribution >= 0.6 is 0 Å². The van der Waals surface area contributed by atoms with Crippen LogP contribution in [0.15, 0.2) is 48.5 Å². The lowest BCUT2D eigenvalue weighted by Crippen LogP contribution is -2.39. The van der Waals surface area contributed by atoms with Crippen molar-refractivity contribution in [1.29, 1.82) is 0 Å². The van der Waals surface area contributed by atoms with E-state index in [1.54, 1.807) is 10.4 Å². The van der Waals surface area contributed by atoms with E-state index in [2.05, 4.69) is 81.3 Å². The zero-order chi connectivity index (χ0) is 14.0. The van der Waals surface area contributed by atoms with Gasteiger partial charge in [0.05, 0.1) is 16.9 Å². The molecule has 0 saturated heterocycles. The molecule has 0 unspecified atom stereocenters. The molecule has 0 radical (unpaired) electrons. The molecule has 2 aromatic carbocycles. The highest BCUT2D eigenvalue weighted by Gasteiger charge is 2.19. The zero-order valence-corrected chi connectivity index (χ0v) is 14.9. The first-order valence-electron chi connectivity index (χ1n) is 7.09. The van der Waals surface area contributed by atoms with E-state index in [0.717, 1.165) is 0 Å². The van der Waals surface area contributed by atoms with Gasteiger partial charge in [-0.2, -0.15) is 0 Å². The summed E-state index contributed by atoms with van der Waals surface area (Å²) in [5.41, 5.74) is 2.85. The molecule has 2 heteroatoms. The number of hydrogen-bond acceptors (Lipinski definition) is 0. The second-order valence-corrected chi connectivity index (χ2v) is 14.6. The average Bonchev–Trinajstić information content (AvgIpc) is 2.38. The van der Waals surface area contributed by atoms with Gasteiger partial charge in [-0.05, 0) is 11.1 Å². The molecule has 0 bridgehead atoms. The van der Waals surface area contributed by atoms with Crippen LogP contribution in [0.4, 0.5) is 0 Å². The van der Waals surface area contributed by atoms with Gasteiger partial charge < -0.3 is 0 Å². The third kappa shape index (κ3) is 3.25. The number of rotatable bonds is 3. The van der Waals surface area contributed by atoms with Crippen LogP contribution in [0, 0.1) is 0 Å². The molecule has 2 aromatic rings. The van der Waals surface area contributed by atoms with Crippen LogP contribution in [0.25, 0.3) is 11.1 Å². The SMILES string of the molecule is C[SiH](C)c1ccc([Si](C)(C)C)cc1-c1ccccc1. The van der Waals surface area contributed by atoms with Crippen molar-refractivity contribution in [2.75, 3.05) is 0 Å². The molecule has 0 saturated carbocycles. The summed E-state index contributed by atoms with van der Waals surface area (Å²) in [5, 5.41) is 3.15. The van der Waals surface area contributed by atoms with Crippen LogP contribution in [0.3, 0.4) is 0 Å². The normalized spacial score (nSPS) is 11.9. The maximum atomic E-state index is 2.46. The lowest BCUT2D eigenvalue weighted by atomic mass is 10.1. The molecule has 0 spiro atoms. The molecule has 0 amide bonds. The molecule has 0 N–H and O–H groups in total. The van der Waals surface area contributed by atoms with E-state index >= 15 is 0 Å². The molecule has 0 aliphatic rings. The molecule has 0 nitrogen and oxygen atoms in total. The third-order valence-electron chi connectivity index (χ3n) is 3.63. The molecular formula is C17H24Si2. The Kier molecular flexibility index (Phi) is 4.11. The lowest BCUT2D eigenvalue weighted by Gasteiger charge is -2.21. The topological polar surface area (TPSA) is 0 Å². The summed E-state index contributed by atoms with van der Waals surface area (Å²) in [4.78, 5) is 0. The fourth-order valence-electron chi connectivity index (χ4n) is 2.39. The molecule has 100 valence electrons.